The molecule has 0 amide bonds. The van der Waals surface area contributed by atoms with Crippen molar-refractivity contribution in [3.05, 3.63) is 76.5 Å². The number of nitrogens with zero attached hydrogens (tertiary/aromatic N) is 1. The summed E-state index contributed by atoms with van der Waals surface area (Å²) >= 11 is 5.11. The van der Waals surface area contributed by atoms with E-state index in [-0.39, 0.29) is 0 Å². The lowest BCUT2D eigenvalue weighted by Crippen LogP contribution is -1.88. The molecule has 1 heterocycles. The lowest BCUT2D eigenvalue weighted by Gasteiger charge is -1.99. The third-order valence-corrected chi connectivity index (χ3v) is 4.91. The van der Waals surface area contributed by atoms with Crippen LogP contribution in [0.1, 0.15) is 11.3 Å². The summed E-state index contributed by atoms with van der Waals surface area (Å²) in [5.41, 5.74) is 5.14. The number of rotatable bonds is 5. The molecule has 23 heavy (non-hydrogen) atoms. The predicted octanol–water partition coefficient (Wildman–Crippen LogP) is 5.95. The summed E-state index contributed by atoms with van der Waals surface area (Å²) < 4.78 is 6.73. The van der Waals surface area contributed by atoms with Crippen LogP contribution in [-0.4, -0.2) is 6.21 Å². The minimum atomic E-state index is 0.690. The molecule has 0 spiro atoms. The summed E-state index contributed by atoms with van der Waals surface area (Å²) in [7, 11) is 0. The van der Waals surface area contributed by atoms with Crippen LogP contribution < -0.4 is 5.43 Å². The molecule has 3 rings (SSSR count). The number of aryl methyl sites for hydroxylation is 1. The highest BCUT2D eigenvalue weighted by Gasteiger charge is 2.09. The van der Waals surface area contributed by atoms with Gasteiger partial charge in [-0.2, -0.15) is 5.10 Å². The molecule has 0 fully saturated rings. The van der Waals surface area contributed by atoms with E-state index >= 15 is 0 Å². The van der Waals surface area contributed by atoms with Gasteiger partial charge in [0.1, 0.15) is 5.76 Å². The van der Waals surface area contributed by atoms with Crippen molar-refractivity contribution in [1.29, 1.82) is 0 Å². The molecular weight excluding hydrogens is 372 g/mol. The zero-order chi connectivity index (χ0) is 16.1. The van der Waals surface area contributed by atoms with Crippen LogP contribution in [0.25, 0.3) is 0 Å². The number of nitrogens with one attached hydrogen (secondary N) is 1. The predicted molar refractivity (Wildman–Crippen MR) is 99.4 cm³/mol. The molecule has 0 saturated heterocycles. The summed E-state index contributed by atoms with van der Waals surface area (Å²) in [6, 6.07) is 20.0. The number of benzene rings is 2. The number of para-hydroxylation sites is 1. The van der Waals surface area contributed by atoms with E-state index in [2.05, 4.69) is 57.6 Å². The Kier molecular flexibility index (Phi) is 5.20. The fraction of sp³-hybridized carbons (Fsp3) is 0.0556. The van der Waals surface area contributed by atoms with Crippen molar-refractivity contribution in [2.24, 2.45) is 5.10 Å². The fourth-order valence-corrected chi connectivity index (χ4v) is 3.23. The topological polar surface area (TPSA) is 37.5 Å². The third kappa shape index (κ3) is 4.50. The fourth-order valence-electron chi connectivity index (χ4n) is 1.90. The first-order valence-electron chi connectivity index (χ1n) is 7.09. The van der Waals surface area contributed by atoms with Crippen molar-refractivity contribution in [2.45, 2.75) is 16.9 Å². The summed E-state index contributed by atoms with van der Waals surface area (Å²) in [4.78, 5) is 1.14. The van der Waals surface area contributed by atoms with Crippen molar-refractivity contribution in [3.63, 3.8) is 0 Å². The molecule has 3 aromatic rings. The van der Waals surface area contributed by atoms with Crippen molar-refractivity contribution in [1.82, 2.24) is 0 Å². The van der Waals surface area contributed by atoms with Crippen molar-refractivity contribution < 1.29 is 4.42 Å². The van der Waals surface area contributed by atoms with E-state index in [1.807, 2.05) is 36.4 Å². The van der Waals surface area contributed by atoms with Gasteiger partial charge in [-0.05, 0) is 47.1 Å². The van der Waals surface area contributed by atoms with E-state index in [0.717, 1.165) is 20.1 Å². The standard InChI is InChI=1S/C18H15BrN2OS/c1-13-7-9-16(10-8-13)23-18-17(19)11-15(22-18)12-20-21-14-5-3-2-4-6-14/h2-12,21H,1H3. The van der Waals surface area contributed by atoms with Crippen LogP contribution in [0.5, 0.6) is 0 Å². The molecule has 3 nitrogen and oxygen atoms in total. The Morgan fingerprint density at radius 3 is 2.57 bits per heavy atom. The number of furan rings is 1. The number of halogens is 1. The van der Waals surface area contributed by atoms with Crippen LogP contribution >= 0.6 is 27.7 Å². The van der Waals surface area contributed by atoms with Gasteiger partial charge in [0.25, 0.3) is 0 Å². The van der Waals surface area contributed by atoms with Crippen LogP contribution in [0.4, 0.5) is 5.69 Å². The maximum atomic E-state index is 5.81. The Morgan fingerprint density at radius 1 is 1.09 bits per heavy atom. The molecule has 0 atom stereocenters. The van der Waals surface area contributed by atoms with E-state index < -0.39 is 0 Å². The van der Waals surface area contributed by atoms with Gasteiger partial charge in [0.15, 0.2) is 5.09 Å². The highest BCUT2D eigenvalue weighted by Crippen LogP contribution is 2.35. The second kappa shape index (κ2) is 7.53. The molecule has 1 aromatic heterocycles. The Morgan fingerprint density at radius 2 is 1.83 bits per heavy atom. The molecule has 0 unspecified atom stereocenters. The van der Waals surface area contributed by atoms with Gasteiger partial charge in [-0.25, -0.2) is 0 Å². The maximum Gasteiger partial charge on any atom is 0.180 e. The van der Waals surface area contributed by atoms with Crippen molar-refractivity contribution in [3.8, 4) is 0 Å². The quantitative estimate of drug-likeness (QED) is 0.434. The van der Waals surface area contributed by atoms with Gasteiger partial charge in [-0.1, -0.05) is 47.7 Å². The van der Waals surface area contributed by atoms with Gasteiger partial charge in [0, 0.05) is 11.0 Å². The molecule has 0 aliphatic carbocycles. The Balaban J connectivity index is 1.67. The summed E-state index contributed by atoms with van der Waals surface area (Å²) in [6.45, 7) is 2.07. The number of hydrazone groups is 1. The van der Waals surface area contributed by atoms with Crippen LogP contribution in [0.2, 0.25) is 0 Å². The van der Waals surface area contributed by atoms with Crippen LogP contribution in [0.3, 0.4) is 0 Å². The summed E-state index contributed by atoms with van der Waals surface area (Å²) in [6.07, 6.45) is 1.66. The van der Waals surface area contributed by atoms with E-state index in [9.17, 15) is 0 Å². The number of anilines is 1. The maximum absolute atomic E-state index is 5.81. The van der Waals surface area contributed by atoms with Crippen molar-refractivity contribution >= 4 is 39.6 Å². The average Bonchev–Trinajstić information content (AvgIpc) is 2.90. The molecule has 5 heteroatoms. The van der Waals surface area contributed by atoms with Gasteiger partial charge < -0.3 is 4.42 Å². The Bertz CT molecular complexity index is 798. The second-order valence-corrected chi connectivity index (χ2v) is 6.84. The average molecular weight is 387 g/mol. The number of hydrogen-bond donors (Lipinski definition) is 1. The molecule has 1 N–H and O–H groups in total. The number of hydrogen-bond acceptors (Lipinski definition) is 4. The first-order valence-corrected chi connectivity index (χ1v) is 8.69. The smallest absolute Gasteiger partial charge is 0.180 e. The Labute approximate surface area is 147 Å². The zero-order valence-corrected chi connectivity index (χ0v) is 14.9. The van der Waals surface area contributed by atoms with Gasteiger partial charge in [-0.15, -0.1) is 0 Å². The van der Waals surface area contributed by atoms with Gasteiger partial charge in [0.2, 0.25) is 0 Å². The molecule has 0 aliphatic rings. The molecule has 0 bridgehead atoms. The van der Waals surface area contributed by atoms with E-state index in [4.69, 9.17) is 4.42 Å². The van der Waals surface area contributed by atoms with E-state index in [1.54, 1.807) is 18.0 Å². The molecule has 0 radical (unpaired) electrons. The first-order chi connectivity index (χ1) is 11.2. The third-order valence-electron chi connectivity index (χ3n) is 3.07. The minimum Gasteiger partial charge on any atom is -0.447 e. The highest BCUT2D eigenvalue weighted by atomic mass is 79.9. The molecule has 2 aromatic carbocycles. The second-order valence-electron chi connectivity index (χ2n) is 4.94. The first kappa shape index (κ1) is 15.9. The van der Waals surface area contributed by atoms with Gasteiger partial charge >= 0.3 is 0 Å². The highest BCUT2D eigenvalue weighted by molar-refractivity contribution is 9.10. The van der Waals surface area contributed by atoms with E-state index in [0.29, 0.717) is 5.76 Å². The SMILES string of the molecule is Cc1ccc(Sc2oc(C=NNc3ccccc3)cc2Br)cc1. The van der Waals surface area contributed by atoms with Gasteiger partial charge in [0.05, 0.1) is 16.4 Å². The minimum absolute atomic E-state index is 0.690. The zero-order valence-electron chi connectivity index (χ0n) is 12.5. The van der Waals surface area contributed by atoms with Gasteiger partial charge in [-0.3, -0.25) is 5.43 Å². The monoisotopic (exact) mass is 386 g/mol. The lowest BCUT2D eigenvalue weighted by atomic mass is 10.2. The Hall–Kier alpha value is -1.98. The van der Waals surface area contributed by atoms with E-state index in [1.165, 1.54) is 5.56 Å². The van der Waals surface area contributed by atoms with Crippen LogP contribution in [0.15, 0.2) is 84.6 Å². The summed E-state index contributed by atoms with van der Waals surface area (Å²) in [5, 5.41) is 5.00. The largest absolute Gasteiger partial charge is 0.447 e. The molecular formula is C18H15BrN2OS. The summed E-state index contributed by atoms with van der Waals surface area (Å²) in [5.74, 6) is 0.690. The lowest BCUT2D eigenvalue weighted by molar-refractivity contribution is 0.466. The molecule has 116 valence electrons. The molecule has 0 aliphatic heterocycles. The van der Waals surface area contributed by atoms with Crippen molar-refractivity contribution in [2.75, 3.05) is 5.43 Å². The van der Waals surface area contributed by atoms with Crippen LogP contribution in [0, 0.1) is 6.92 Å². The molecule has 0 saturated carbocycles. The van der Waals surface area contributed by atoms with Crippen LogP contribution in [-0.2, 0) is 0 Å². The normalized spacial score (nSPS) is 11.0.